The number of rotatable bonds is 13. The number of nitrogens with zero attached hydrogens (tertiary/aromatic N) is 3. The molecule has 12 heteroatoms. The van der Waals surface area contributed by atoms with Gasteiger partial charge in [-0.05, 0) is 76.2 Å². The molecule has 2 amide bonds. The van der Waals surface area contributed by atoms with Gasteiger partial charge in [0.2, 0.25) is 11.8 Å². The van der Waals surface area contributed by atoms with Crippen LogP contribution in [-0.4, -0.2) is 79.8 Å². The van der Waals surface area contributed by atoms with Crippen LogP contribution in [-0.2, 0) is 9.59 Å². The maximum absolute atomic E-state index is 15.5. The molecule has 3 aromatic rings. The number of nitrogens with one attached hydrogen (secondary N) is 4. The highest BCUT2D eigenvalue weighted by molar-refractivity contribution is 6.10. The lowest BCUT2D eigenvalue weighted by Gasteiger charge is -2.34. The van der Waals surface area contributed by atoms with Crippen LogP contribution in [0.4, 0.5) is 21.5 Å². The van der Waals surface area contributed by atoms with Crippen molar-refractivity contribution in [1.82, 2.24) is 20.5 Å². The molecule has 0 saturated carbocycles. The predicted octanol–water partition coefficient (Wildman–Crippen LogP) is 3.79. The first-order valence-electron chi connectivity index (χ1n) is 15.9. The molecule has 11 nitrogen and oxygen atoms in total. The van der Waals surface area contributed by atoms with E-state index in [4.69, 9.17) is 10.7 Å². The fraction of sp³-hybridized carbons (Fsp3) is 0.429. The third-order valence-corrected chi connectivity index (χ3v) is 8.49. The highest BCUT2D eigenvalue weighted by atomic mass is 19.1. The van der Waals surface area contributed by atoms with Gasteiger partial charge < -0.3 is 36.5 Å². The van der Waals surface area contributed by atoms with E-state index < -0.39 is 35.3 Å². The summed E-state index contributed by atoms with van der Waals surface area (Å²) in [6.07, 6.45) is 0.297. The van der Waals surface area contributed by atoms with Gasteiger partial charge in [0.1, 0.15) is 5.82 Å². The zero-order valence-electron chi connectivity index (χ0n) is 28.2. The second-order valence-corrected chi connectivity index (χ2v) is 12.7. The number of H-pyrrole nitrogens is 1. The quantitative estimate of drug-likeness (QED) is 0.178. The van der Waals surface area contributed by atoms with E-state index in [1.807, 2.05) is 32.9 Å². The molecule has 6 N–H and O–H groups in total. The lowest BCUT2D eigenvalue weighted by Crippen LogP contribution is -2.49. The third kappa shape index (κ3) is 8.63. The summed E-state index contributed by atoms with van der Waals surface area (Å²) in [5.41, 5.74) is 9.02. The molecule has 2 atom stereocenters. The van der Waals surface area contributed by atoms with Crippen molar-refractivity contribution in [2.24, 2.45) is 16.6 Å². The van der Waals surface area contributed by atoms with Crippen LogP contribution in [0.3, 0.4) is 0 Å². The molecule has 1 unspecified atom stereocenters. The van der Waals surface area contributed by atoms with Crippen LogP contribution in [0.2, 0.25) is 0 Å². The van der Waals surface area contributed by atoms with Crippen LogP contribution in [0.15, 0.2) is 58.5 Å². The van der Waals surface area contributed by atoms with E-state index in [-0.39, 0.29) is 29.0 Å². The minimum Gasteiger partial charge on any atom is -0.370 e. The number of fused-ring (bicyclic) bond motifs is 1. The average molecular weight is 647 g/mol. The molecule has 2 heterocycles. The molecule has 0 bridgehead atoms. The second kappa shape index (κ2) is 15.4. The first-order valence-corrected chi connectivity index (χ1v) is 15.9. The maximum atomic E-state index is 15.5. The lowest BCUT2D eigenvalue weighted by atomic mass is 9.99. The van der Waals surface area contributed by atoms with Crippen molar-refractivity contribution >= 4 is 45.5 Å². The van der Waals surface area contributed by atoms with Crippen molar-refractivity contribution in [3.63, 3.8) is 0 Å². The number of amides is 2. The first-order chi connectivity index (χ1) is 22.3. The maximum Gasteiger partial charge on any atom is 0.259 e. The number of primary amides is 1. The Labute approximate surface area is 275 Å². The van der Waals surface area contributed by atoms with Crippen LogP contribution in [0, 0.1) is 18.7 Å². The Morgan fingerprint density at radius 1 is 1.13 bits per heavy atom. The summed E-state index contributed by atoms with van der Waals surface area (Å²) < 4.78 is 15.5. The van der Waals surface area contributed by atoms with Crippen LogP contribution < -0.4 is 32.1 Å². The van der Waals surface area contributed by atoms with Gasteiger partial charge in [-0.3, -0.25) is 19.4 Å². The van der Waals surface area contributed by atoms with E-state index in [0.29, 0.717) is 29.0 Å². The molecule has 252 valence electrons. The van der Waals surface area contributed by atoms with E-state index in [9.17, 15) is 14.4 Å². The van der Waals surface area contributed by atoms with E-state index in [1.54, 1.807) is 20.0 Å². The number of nitrogens with two attached hydrogens (primary N) is 1. The molecule has 1 fully saturated rings. The Morgan fingerprint density at radius 2 is 1.83 bits per heavy atom. The van der Waals surface area contributed by atoms with Crippen LogP contribution >= 0.6 is 0 Å². The largest absolute Gasteiger partial charge is 0.370 e. The number of likely N-dealkylation sites (N-methyl/N-ethyl adjacent to an activating group) is 2. The number of hydrogen-bond donors (Lipinski definition) is 5. The summed E-state index contributed by atoms with van der Waals surface area (Å²) in [5, 5.41) is 9.13. The minimum absolute atomic E-state index is 0.134. The number of aromatic nitrogens is 1. The second-order valence-electron chi connectivity index (χ2n) is 12.7. The summed E-state index contributed by atoms with van der Waals surface area (Å²) in [5.74, 6) is -1.46. The van der Waals surface area contributed by atoms with Crippen molar-refractivity contribution in [2.45, 2.75) is 52.6 Å². The van der Waals surface area contributed by atoms with Gasteiger partial charge in [0, 0.05) is 37.6 Å². The Hall–Kier alpha value is -4.55. The fourth-order valence-electron chi connectivity index (χ4n) is 5.85. The number of benzene rings is 2. The van der Waals surface area contributed by atoms with Gasteiger partial charge in [-0.2, -0.15) is 0 Å². The van der Waals surface area contributed by atoms with Crippen LogP contribution in [0.5, 0.6) is 0 Å². The third-order valence-electron chi connectivity index (χ3n) is 8.49. The summed E-state index contributed by atoms with van der Waals surface area (Å²) in [7, 11) is 3.69. The van der Waals surface area contributed by atoms with Gasteiger partial charge in [-0.1, -0.05) is 26.5 Å². The molecular weight excluding hydrogens is 599 g/mol. The average Bonchev–Trinajstić information content (AvgIpc) is 3.00. The summed E-state index contributed by atoms with van der Waals surface area (Å²) in [6, 6.07) is 9.07. The minimum atomic E-state index is -0.844. The molecule has 1 saturated heterocycles. The molecule has 47 heavy (non-hydrogen) atoms. The topological polar surface area (TPSA) is 148 Å². The fourth-order valence-corrected chi connectivity index (χ4v) is 5.85. The van der Waals surface area contributed by atoms with Crippen molar-refractivity contribution in [3.05, 3.63) is 76.0 Å². The van der Waals surface area contributed by atoms with Gasteiger partial charge in [-0.25, -0.2) is 4.39 Å². The molecule has 0 aliphatic carbocycles. The van der Waals surface area contributed by atoms with E-state index in [0.717, 1.165) is 37.4 Å². The number of carbonyl (C=O) groups excluding carboxylic acids is 2. The van der Waals surface area contributed by atoms with Gasteiger partial charge in [-0.15, -0.1) is 0 Å². The first kappa shape index (κ1) is 35.3. The van der Waals surface area contributed by atoms with Crippen molar-refractivity contribution in [1.29, 1.82) is 0 Å². The zero-order chi connectivity index (χ0) is 34.4. The van der Waals surface area contributed by atoms with Crippen LogP contribution in [0.25, 0.3) is 10.9 Å². The Bertz CT molecular complexity index is 1730. The van der Waals surface area contributed by atoms with Gasteiger partial charge in [0.25, 0.3) is 5.56 Å². The molecule has 2 aromatic carbocycles. The zero-order valence-corrected chi connectivity index (χ0v) is 28.2. The number of aromatic amines is 1. The summed E-state index contributed by atoms with van der Waals surface area (Å²) in [4.78, 5) is 50.6. The van der Waals surface area contributed by atoms with E-state index in [2.05, 4.69) is 50.4 Å². The SMILES string of the molecule is C=C(Nc1c(C(C)=Nc2ccc(N3CCN(C)CC3)cc2C)c(=O)[nH]c2cccc(F)c12)C(CC(C)C)NC(=O)[C@@H](CC(N)=O)NC. The molecular formula is C35H47FN8O3. The number of anilines is 2. The number of pyridine rings is 1. The normalized spacial score (nSPS) is 15.5. The number of aliphatic imine (C=N–C) groups is 1. The van der Waals surface area contributed by atoms with Crippen molar-refractivity contribution in [2.75, 3.05) is 50.5 Å². The summed E-state index contributed by atoms with van der Waals surface area (Å²) >= 11 is 0. The lowest BCUT2D eigenvalue weighted by molar-refractivity contribution is -0.127. The summed E-state index contributed by atoms with van der Waals surface area (Å²) in [6.45, 7) is 15.7. The van der Waals surface area contributed by atoms with E-state index in [1.165, 1.54) is 12.1 Å². The molecule has 4 rings (SSSR count). The number of halogens is 1. The van der Waals surface area contributed by atoms with Gasteiger partial charge in [0.05, 0.1) is 52.1 Å². The van der Waals surface area contributed by atoms with Crippen molar-refractivity contribution < 1.29 is 14.0 Å². The van der Waals surface area contributed by atoms with Crippen molar-refractivity contribution in [3.8, 4) is 0 Å². The molecule has 0 spiro atoms. The molecule has 1 aromatic heterocycles. The Morgan fingerprint density at radius 3 is 2.45 bits per heavy atom. The highest BCUT2D eigenvalue weighted by Gasteiger charge is 2.26. The monoisotopic (exact) mass is 646 g/mol. The smallest absolute Gasteiger partial charge is 0.259 e. The molecule has 1 aliphatic rings. The highest BCUT2D eigenvalue weighted by Crippen LogP contribution is 2.31. The number of hydrogen-bond acceptors (Lipinski definition) is 8. The van der Waals surface area contributed by atoms with Gasteiger partial charge in [0.15, 0.2) is 0 Å². The van der Waals surface area contributed by atoms with E-state index >= 15 is 4.39 Å². The molecule has 0 radical (unpaired) electrons. The van der Waals surface area contributed by atoms with Gasteiger partial charge >= 0.3 is 0 Å². The predicted molar refractivity (Wildman–Crippen MR) is 188 cm³/mol. The number of carbonyl (C=O) groups is 2. The standard InChI is InChI=1S/C35H47FN8O3/c1-20(2)17-28(42-34(46)29(38-6)19-30(37)45)22(4)40-33-31(35(47)41-27-10-8-9-25(36)32(27)33)23(5)39-26-12-11-24(18-21(26)3)44-15-13-43(7)14-16-44/h8-12,18,20,28-29,38H,4,13-17,19H2,1-3,5-7H3,(H2,37,45)(H,42,46)(H2,40,41,47)/t28?,29-/m1/s1. The number of aryl methyl sites for hydroxylation is 1. The molecule has 1 aliphatic heterocycles. The number of piperazine rings is 1. The van der Waals surface area contributed by atoms with Crippen LogP contribution in [0.1, 0.15) is 44.7 Å². The Balaban J connectivity index is 1.74. The Kier molecular flexibility index (Phi) is 11.5.